The van der Waals surface area contributed by atoms with Crippen LogP contribution in [0.2, 0.25) is 0 Å². The van der Waals surface area contributed by atoms with Crippen LogP contribution < -0.4 is 5.32 Å². The maximum absolute atomic E-state index is 13.0. The van der Waals surface area contributed by atoms with E-state index in [2.05, 4.69) is 5.32 Å². The van der Waals surface area contributed by atoms with Gasteiger partial charge in [0.15, 0.2) is 5.78 Å². The summed E-state index contributed by atoms with van der Waals surface area (Å²) in [5.74, 6) is -1.09. The smallest absolute Gasteiger partial charge is 0.311 e. The lowest BCUT2D eigenvalue weighted by atomic mass is 10.1. The van der Waals surface area contributed by atoms with Gasteiger partial charge < -0.3 is 10.1 Å². The lowest BCUT2D eigenvalue weighted by Crippen LogP contribution is -2.26. The number of aryl methyl sites for hydroxylation is 1. The van der Waals surface area contributed by atoms with E-state index in [1.54, 1.807) is 48.5 Å². The minimum Gasteiger partial charge on any atom is -0.447 e. The number of hydrogen-bond acceptors (Lipinski definition) is 4. The summed E-state index contributed by atoms with van der Waals surface area (Å²) in [6.45, 7) is 3.43. The first-order valence-electron chi connectivity index (χ1n) is 9.64. The second-order valence-corrected chi connectivity index (χ2v) is 7.07. The van der Waals surface area contributed by atoms with Crippen LogP contribution in [0.15, 0.2) is 78.9 Å². The Morgan fingerprint density at radius 3 is 2.27 bits per heavy atom. The minimum absolute atomic E-state index is 0.0662. The molecular formula is C25H23NO4. The molecule has 1 amide bonds. The molecule has 30 heavy (non-hydrogen) atoms. The number of carbonyl (C=O) groups is 3. The second-order valence-electron chi connectivity index (χ2n) is 7.07. The molecule has 0 saturated heterocycles. The van der Waals surface area contributed by atoms with Gasteiger partial charge in [-0.1, -0.05) is 72.3 Å². The molecule has 0 unspecified atom stereocenters. The van der Waals surface area contributed by atoms with E-state index < -0.39 is 18.0 Å². The van der Waals surface area contributed by atoms with Crippen LogP contribution in [0.25, 0.3) is 0 Å². The summed E-state index contributed by atoms with van der Waals surface area (Å²) >= 11 is 0. The average Bonchev–Trinajstić information content (AvgIpc) is 2.74. The number of amides is 1. The molecule has 0 aliphatic heterocycles. The summed E-state index contributed by atoms with van der Waals surface area (Å²) in [4.78, 5) is 37.1. The molecule has 0 fully saturated rings. The molecule has 5 heteroatoms. The first kappa shape index (κ1) is 21.0. The number of carbonyl (C=O) groups excluding carboxylic acids is 3. The zero-order valence-electron chi connectivity index (χ0n) is 16.9. The van der Waals surface area contributed by atoms with Crippen molar-refractivity contribution in [1.82, 2.24) is 0 Å². The number of ketones is 1. The Balaban J connectivity index is 1.77. The predicted octanol–water partition coefficient (Wildman–Crippen LogP) is 4.66. The molecular weight excluding hydrogens is 378 g/mol. The highest BCUT2D eigenvalue weighted by Crippen LogP contribution is 2.22. The highest BCUT2D eigenvalue weighted by atomic mass is 16.5. The monoisotopic (exact) mass is 401 g/mol. The van der Waals surface area contributed by atoms with E-state index in [-0.39, 0.29) is 12.2 Å². The Hall–Kier alpha value is -3.73. The number of anilines is 1. The lowest BCUT2D eigenvalue weighted by Gasteiger charge is -2.18. The molecule has 0 aliphatic rings. The number of ether oxygens (including phenoxy) is 1. The third kappa shape index (κ3) is 5.64. The van der Waals surface area contributed by atoms with Gasteiger partial charge >= 0.3 is 5.97 Å². The number of esters is 1. The molecule has 0 aliphatic carbocycles. The summed E-state index contributed by atoms with van der Waals surface area (Å²) in [6, 6.07) is 23.0. The summed E-state index contributed by atoms with van der Waals surface area (Å²) in [7, 11) is 0. The normalized spacial score (nSPS) is 11.4. The Morgan fingerprint density at radius 1 is 0.900 bits per heavy atom. The van der Waals surface area contributed by atoms with Crippen LogP contribution in [0, 0.1) is 6.92 Å². The van der Waals surface area contributed by atoms with Gasteiger partial charge in [0.05, 0.1) is 6.42 Å². The van der Waals surface area contributed by atoms with Gasteiger partial charge in [-0.05, 0) is 31.5 Å². The highest BCUT2D eigenvalue weighted by molar-refractivity contribution is 5.99. The molecule has 1 N–H and O–H groups in total. The molecule has 3 rings (SSSR count). The Bertz CT molecular complexity index is 1040. The van der Waals surface area contributed by atoms with Gasteiger partial charge in [0.2, 0.25) is 6.10 Å². The van der Waals surface area contributed by atoms with Gasteiger partial charge in [-0.3, -0.25) is 14.4 Å². The van der Waals surface area contributed by atoms with Crippen molar-refractivity contribution >= 4 is 23.3 Å². The molecule has 3 aromatic carbocycles. The van der Waals surface area contributed by atoms with Gasteiger partial charge in [-0.25, -0.2) is 0 Å². The fourth-order valence-corrected chi connectivity index (χ4v) is 2.97. The van der Waals surface area contributed by atoms with E-state index in [1.165, 1.54) is 6.92 Å². The zero-order valence-corrected chi connectivity index (χ0v) is 16.9. The summed E-state index contributed by atoms with van der Waals surface area (Å²) < 4.78 is 5.56. The highest BCUT2D eigenvalue weighted by Gasteiger charge is 2.25. The van der Waals surface area contributed by atoms with E-state index in [0.29, 0.717) is 16.8 Å². The quantitative estimate of drug-likeness (QED) is 0.462. The SMILES string of the molecule is CC(=O)c1cccc(NC(=O)[C@@H](OC(=O)Cc2ccc(C)cc2)c2ccccc2)c1. The molecule has 152 valence electrons. The standard InChI is InChI=1S/C25H23NO4/c1-17-11-13-19(14-12-17)15-23(28)30-24(20-7-4-3-5-8-20)25(29)26-22-10-6-9-21(16-22)18(2)27/h3-14,16,24H,15H2,1-2H3,(H,26,29)/t24-/m0/s1. The van der Waals surface area contributed by atoms with Gasteiger partial charge in [-0.2, -0.15) is 0 Å². The van der Waals surface area contributed by atoms with Crippen LogP contribution in [0.3, 0.4) is 0 Å². The van der Waals surface area contributed by atoms with Gasteiger partial charge in [0.1, 0.15) is 0 Å². The Labute approximate surface area is 175 Å². The number of hydrogen-bond donors (Lipinski definition) is 1. The fourth-order valence-electron chi connectivity index (χ4n) is 2.97. The molecule has 0 saturated carbocycles. The molecule has 5 nitrogen and oxygen atoms in total. The summed E-state index contributed by atoms with van der Waals surface area (Å²) in [6.07, 6.45) is -1.04. The topological polar surface area (TPSA) is 72.5 Å². The third-order valence-corrected chi connectivity index (χ3v) is 4.60. The number of nitrogens with one attached hydrogen (secondary N) is 1. The molecule has 3 aromatic rings. The third-order valence-electron chi connectivity index (χ3n) is 4.60. The fraction of sp³-hybridized carbons (Fsp3) is 0.160. The number of Topliss-reactive ketones (excluding diaryl/α,β-unsaturated/α-hetero) is 1. The van der Waals surface area contributed by atoms with Crippen molar-refractivity contribution in [2.45, 2.75) is 26.4 Å². The molecule has 0 bridgehead atoms. The predicted molar refractivity (Wildman–Crippen MR) is 115 cm³/mol. The van der Waals surface area contributed by atoms with Crippen molar-refractivity contribution < 1.29 is 19.1 Å². The van der Waals surface area contributed by atoms with E-state index in [4.69, 9.17) is 4.74 Å². The largest absolute Gasteiger partial charge is 0.447 e. The number of benzene rings is 3. The van der Waals surface area contributed by atoms with Crippen LogP contribution in [-0.4, -0.2) is 17.7 Å². The van der Waals surface area contributed by atoms with Crippen molar-refractivity contribution in [3.05, 3.63) is 101 Å². The molecule has 0 spiro atoms. The molecule has 0 aromatic heterocycles. The first-order valence-corrected chi connectivity index (χ1v) is 9.64. The Morgan fingerprint density at radius 2 is 1.60 bits per heavy atom. The van der Waals surface area contributed by atoms with Crippen molar-refractivity contribution in [3.8, 4) is 0 Å². The maximum atomic E-state index is 13.0. The average molecular weight is 401 g/mol. The van der Waals surface area contributed by atoms with Crippen LogP contribution in [0.4, 0.5) is 5.69 Å². The van der Waals surface area contributed by atoms with Crippen LogP contribution in [0.1, 0.15) is 40.1 Å². The zero-order chi connectivity index (χ0) is 21.5. The lowest BCUT2D eigenvalue weighted by molar-refractivity contribution is -0.154. The molecule has 0 radical (unpaired) electrons. The summed E-state index contributed by atoms with van der Waals surface area (Å²) in [5.41, 5.74) is 3.42. The summed E-state index contributed by atoms with van der Waals surface area (Å²) in [5, 5.41) is 2.74. The molecule has 1 atom stereocenters. The van der Waals surface area contributed by atoms with Crippen molar-refractivity contribution in [2.75, 3.05) is 5.32 Å². The van der Waals surface area contributed by atoms with Crippen LogP contribution in [-0.2, 0) is 20.7 Å². The number of rotatable bonds is 7. The first-order chi connectivity index (χ1) is 14.4. The van der Waals surface area contributed by atoms with Gasteiger partial charge in [-0.15, -0.1) is 0 Å². The van der Waals surface area contributed by atoms with E-state index >= 15 is 0 Å². The van der Waals surface area contributed by atoms with E-state index in [0.717, 1.165) is 11.1 Å². The van der Waals surface area contributed by atoms with E-state index in [1.807, 2.05) is 37.3 Å². The van der Waals surface area contributed by atoms with Crippen molar-refractivity contribution in [2.24, 2.45) is 0 Å². The van der Waals surface area contributed by atoms with Gasteiger partial charge in [0, 0.05) is 16.8 Å². The van der Waals surface area contributed by atoms with Crippen LogP contribution >= 0.6 is 0 Å². The maximum Gasteiger partial charge on any atom is 0.311 e. The van der Waals surface area contributed by atoms with E-state index in [9.17, 15) is 14.4 Å². The Kier molecular flexibility index (Phi) is 6.75. The van der Waals surface area contributed by atoms with Gasteiger partial charge in [0.25, 0.3) is 5.91 Å². The molecule has 0 heterocycles. The van der Waals surface area contributed by atoms with Crippen molar-refractivity contribution in [3.63, 3.8) is 0 Å². The van der Waals surface area contributed by atoms with Crippen LogP contribution in [0.5, 0.6) is 0 Å². The second kappa shape index (κ2) is 9.65. The van der Waals surface area contributed by atoms with Crippen molar-refractivity contribution in [1.29, 1.82) is 0 Å². The minimum atomic E-state index is -1.11.